The number of nitrogens with zero attached hydrogens (tertiary/aromatic N) is 1. The number of hydrogen-bond acceptors (Lipinski definition) is 5. The fraction of sp³-hybridized carbons (Fsp3) is 0.733. The first kappa shape index (κ1) is 16.4. The lowest BCUT2D eigenvalue weighted by molar-refractivity contribution is 0.0938. The largest absolute Gasteiger partial charge is 0.446 e. The molecule has 1 fully saturated rings. The van der Waals surface area contributed by atoms with Crippen molar-refractivity contribution >= 4 is 17.7 Å². The van der Waals surface area contributed by atoms with Crippen LogP contribution in [-0.4, -0.2) is 29.4 Å². The Bertz CT molecular complexity index is 444. The van der Waals surface area contributed by atoms with Gasteiger partial charge in [0.05, 0.1) is 6.04 Å². The van der Waals surface area contributed by atoms with Crippen LogP contribution in [0.4, 0.5) is 0 Å². The van der Waals surface area contributed by atoms with Crippen molar-refractivity contribution in [3.63, 3.8) is 0 Å². The van der Waals surface area contributed by atoms with Gasteiger partial charge >= 0.3 is 0 Å². The van der Waals surface area contributed by atoms with Gasteiger partial charge in [0.25, 0.3) is 5.91 Å². The normalized spacial score (nSPS) is 17.6. The van der Waals surface area contributed by atoms with Gasteiger partial charge in [-0.05, 0) is 37.2 Å². The number of hydrogen-bond donors (Lipinski definition) is 2. The Morgan fingerprint density at radius 1 is 1.52 bits per heavy atom. The molecule has 0 aromatic carbocycles. The summed E-state index contributed by atoms with van der Waals surface area (Å²) >= 11 is 1.73. The van der Waals surface area contributed by atoms with Crippen LogP contribution >= 0.6 is 11.8 Å². The molecule has 5 nitrogen and oxygen atoms in total. The van der Waals surface area contributed by atoms with E-state index in [0.29, 0.717) is 17.5 Å². The quantitative estimate of drug-likeness (QED) is 0.809. The number of thioether (sulfide) groups is 1. The van der Waals surface area contributed by atoms with Crippen LogP contribution in [-0.2, 0) is 0 Å². The predicted molar refractivity (Wildman–Crippen MR) is 85.3 cm³/mol. The van der Waals surface area contributed by atoms with Gasteiger partial charge in [0, 0.05) is 6.54 Å². The summed E-state index contributed by atoms with van der Waals surface area (Å²) in [5.74, 6) is 1.85. The van der Waals surface area contributed by atoms with Crippen LogP contribution in [0.25, 0.3) is 0 Å². The van der Waals surface area contributed by atoms with E-state index in [1.165, 1.54) is 38.4 Å². The topological polar surface area (TPSA) is 81.1 Å². The Morgan fingerprint density at radius 3 is 3.00 bits per heavy atom. The molecule has 0 radical (unpaired) electrons. The number of oxazole rings is 1. The van der Waals surface area contributed by atoms with E-state index in [0.717, 1.165) is 18.7 Å². The second-order valence-electron chi connectivity index (χ2n) is 5.67. The summed E-state index contributed by atoms with van der Waals surface area (Å²) in [6.45, 7) is 0.736. The molecule has 3 N–H and O–H groups in total. The van der Waals surface area contributed by atoms with Gasteiger partial charge in [-0.15, -0.1) is 0 Å². The van der Waals surface area contributed by atoms with Crippen LogP contribution in [0.2, 0.25) is 0 Å². The third-order valence-electron chi connectivity index (χ3n) is 3.98. The maximum atomic E-state index is 12.1. The molecule has 1 unspecified atom stereocenters. The molecule has 1 saturated carbocycles. The molecule has 118 valence electrons. The Labute approximate surface area is 130 Å². The van der Waals surface area contributed by atoms with E-state index in [2.05, 4.69) is 10.3 Å². The van der Waals surface area contributed by atoms with Gasteiger partial charge in [0.2, 0.25) is 5.89 Å². The lowest BCUT2D eigenvalue weighted by atomic mass is 9.89. The van der Waals surface area contributed by atoms with Gasteiger partial charge in [-0.25, -0.2) is 4.98 Å². The van der Waals surface area contributed by atoms with E-state index in [4.69, 9.17) is 10.2 Å². The van der Waals surface area contributed by atoms with E-state index >= 15 is 0 Å². The van der Waals surface area contributed by atoms with Crippen molar-refractivity contribution in [2.45, 2.75) is 44.6 Å². The summed E-state index contributed by atoms with van der Waals surface area (Å²) < 4.78 is 5.33. The maximum absolute atomic E-state index is 12.1. The minimum Gasteiger partial charge on any atom is -0.446 e. The fourth-order valence-corrected chi connectivity index (χ4v) is 3.14. The molecule has 1 aliphatic carbocycles. The van der Waals surface area contributed by atoms with Crippen molar-refractivity contribution in [3.8, 4) is 0 Å². The highest BCUT2D eigenvalue weighted by atomic mass is 32.2. The smallest absolute Gasteiger partial charge is 0.273 e. The monoisotopic (exact) mass is 311 g/mol. The minimum absolute atomic E-state index is 0.160. The molecule has 1 heterocycles. The van der Waals surface area contributed by atoms with E-state index in [-0.39, 0.29) is 11.9 Å². The van der Waals surface area contributed by atoms with Crippen molar-refractivity contribution in [3.05, 3.63) is 17.8 Å². The summed E-state index contributed by atoms with van der Waals surface area (Å²) in [5, 5.41) is 2.96. The second-order valence-corrected chi connectivity index (χ2v) is 6.66. The Kier molecular flexibility index (Phi) is 6.57. The number of rotatable bonds is 7. The molecule has 1 aliphatic rings. The Hall–Kier alpha value is -1.01. The van der Waals surface area contributed by atoms with Crippen LogP contribution in [0.1, 0.15) is 60.9 Å². The van der Waals surface area contributed by atoms with Gasteiger partial charge < -0.3 is 15.5 Å². The zero-order chi connectivity index (χ0) is 15.1. The first-order chi connectivity index (χ1) is 10.2. The molecule has 0 bridgehead atoms. The number of nitrogens with two attached hydrogens (primary N) is 1. The summed E-state index contributed by atoms with van der Waals surface area (Å²) in [4.78, 5) is 16.3. The van der Waals surface area contributed by atoms with Gasteiger partial charge in [0.1, 0.15) is 6.26 Å². The molecule has 1 aromatic rings. The standard InChI is InChI=1S/C15H25N3O2S/c1-21-8-7-12(16)15-18-13(10-20-15)14(19)17-9-11-5-3-2-4-6-11/h10-12H,2-9,16H2,1H3,(H,17,19). The SMILES string of the molecule is CSCCC(N)c1nc(C(=O)NCC2CCCCC2)co1. The van der Waals surface area contributed by atoms with Gasteiger partial charge in [-0.3, -0.25) is 4.79 Å². The highest BCUT2D eigenvalue weighted by molar-refractivity contribution is 7.98. The summed E-state index contributed by atoms with van der Waals surface area (Å²) in [5.41, 5.74) is 6.32. The molecule has 1 aromatic heterocycles. The average molecular weight is 311 g/mol. The molecular weight excluding hydrogens is 286 g/mol. The van der Waals surface area contributed by atoms with Gasteiger partial charge in [0.15, 0.2) is 5.69 Å². The number of carbonyl (C=O) groups is 1. The molecule has 1 amide bonds. The highest BCUT2D eigenvalue weighted by Gasteiger charge is 2.18. The lowest BCUT2D eigenvalue weighted by Crippen LogP contribution is -2.30. The van der Waals surface area contributed by atoms with E-state index in [1.54, 1.807) is 11.8 Å². The fourth-order valence-electron chi connectivity index (χ4n) is 2.65. The molecule has 0 spiro atoms. The van der Waals surface area contributed by atoms with Crippen molar-refractivity contribution in [1.82, 2.24) is 10.3 Å². The van der Waals surface area contributed by atoms with Crippen molar-refractivity contribution in [2.75, 3.05) is 18.6 Å². The number of aromatic nitrogens is 1. The molecule has 0 saturated heterocycles. The molecule has 0 aliphatic heterocycles. The first-order valence-electron chi connectivity index (χ1n) is 7.69. The zero-order valence-electron chi connectivity index (χ0n) is 12.6. The van der Waals surface area contributed by atoms with Crippen LogP contribution in [0.15, 0.2) is 10.7 Å². The van der Waals surface area contributed by atoms with E-state index < -0.39 is 0 Å². The van der Waals surface area contributed by atoms with Crippen LogP contribution in [0.3, 0.4) is 0 Å². The summed E-state index contributed by atoms with van der Waals surface area (Å²) in [6.07, 6.45) is 10.5. The molecular formula is C15H25N3O2S. The van der Waals surface area contributed by atoms with Crippen molar-refractivity contribution in [1.29, 1.82) is 0 Å². The molecule has 6 heteroatoms. The number of carbonyl (C=O) groups excluding carboxylic acids is 1. The van der Waals surface area contributed by atoms with Crippen molar-refractivity contribution in [2.24, 2.45) is 11.7 Å². The van der Waals surface area contributed by atoms with Crippen LogP contribution < -0.4 is 11.1 Å². The molecule has 2 rings (SSSR count). The van der Waals surface area contributed by atoms with Crippen molar-refractivity contribution < 1.29 is 9.21 Å². The molecule has 1 atom stereocenters. The summed E-state index contributed by atoms with van der Waals surface area (Å²) in [6, 6.07) is -0.239. The van der Waals surface area contributed by atoms with Gasteiger partial charge in [-0.2, -0.15) is 11.8 Å². The summed E-state index contributed by atoms with van der Waals surface area (Å²) in [7, 11) is 0. The zero-order valence-corrected chi connectivity index (χ0v) is 13.5. The third kappa shape index (κ3) is 5.04. The second kappa shape index (κ2) is 8.44. The third-order valence-corrected chi connectivity index (χ3v) is 4.62. The van der Waals surface area contributed by atoms with Crippen LogP contribution in [0.5, 0.6) is 0 Å². The number of amides is 1. The lowest BCUT2D eigenvalue weighted by Gasteiger charge is -2.21. The van der Waals surface area contributed by atoms with Crippen LogP contribution in [0, 0.1) is 5.92 Å². The number of nitrogens with one attached hydrogen (secondary N) is 1. The minimum atomic E-state index is -0.239. The Balaban J connectivity index is 1.80. The van der Waals surface area contributed by atoms with E-state index in [1.807, 2.05) is 6.26 Å². The first-order valence-corrected chi connectivity index (χ1v) is 9.08. The Morgan fingerprint density at radius 2 is 2.29 bits per heavy atom. The predicted octanol–water partition coefficient (Wildman–Crippen LogP) is 2.74. The highest BCUT2D eigenvalue weighted by Crippen LogP contribution is 2.23. The average Bonchev–Trinajstić information content (AvgIpc) is 3.01. The molecule has 21 heavy (non-hydrogen) atoms. The van der Waals surface area contributed by atoms with Gasteiger partial charge in [-0.1, -0.05) is 19.3 Å². The van der Waals surface area contributed by atoms with E-state index in [9.17, 15) is 4.79 Å². The maximum Gasteiger partial charge on any atom is 0.273 e.